The van der Waals surface area contributed by atoms with Gasteiger partial charge in [-0.2, -0.15) is 17.9 Å². The van der Waals surface area contributed by atoms with Crippen molar-refractivity contribution in [3.8, 4) is 5.69 Å². The molecule has 0 unspecified atom stereocenters. The number of tetrazole rings is 1. The molecule has 1 spiro atoms. The van der Waals surface area contributed by atoms with Crippen LogP contribution in [-0.2, 0) is 20.4 Å². The Bertz CT molecular complexity index is 1410. The maximum atomic E-state index is 13.7. The first-order valence-corrected chi connectivity index (χ1v) is 13.3. The van der Waals surface area contributed by atoms with Gasteiger partial charge in [-0.05, 0) is 76.4 Å². The highest BCUT2D eigenvalue weighted by molar-refractivity contribution is 8.00. The average molecular weight is 563 g/mol. The standard InChI is InChI=1S/C27H26F4N4O3S/c1-15(2)39-22-9-8-19(35-25(27(29,30)31)32-33-34-35)12-21(22)17-13-26(38-14-17)11-10-20(24(36)37-3)23(26)16-4-6-18(28)7-5-16/h4-9,12-13,15,20,23H,10-11,14H2,1-3H3/t20-,23+,26+/m0/s1. The Morgan fingerprint density at radius 3 is 2.62 bits per heavy atom. The molecule has 1 saturated carbocycles. The smallest absolute Gasteiger partial charge is 0.453 e. The predicted octanol–water partition coefficient (Wildman–Crippen LogP) is 5.84. The van der Waals surface area contributed by atoms with Crippen LogP contribution in [0, 0.1) is 11.7 Å². The molecule has 0 bridgehead atoms. The Morgan fingerprint density at radius 2 is 1.95 bits per heavy atom. The fraction of sp³-hybridized carbons (Fsp3) is 0.407. The van der Waals surface area contributed by atoms with E-state index in [1.54, 1.807) is 42.1 Å². The van der Waals surface area contributed by atoms with Crippen LogP contribution in [0.3, 0.4) is 0 Å². The number of ether oxygens (including phenoxy) is 2. The van der Waals surface area contributed by atoms with E-state index in [9.17, 15) is 22.4 Å². The SMILES string of the molecule is COC(=O)[C@H]1CC[C@@]2(C=C(c3cc(-n4nnnc4C(F)(F)F)ccc3SC(C)C)CO2)[C@@H]1c1ccc(F)cc1. The lowest BCUT2D eigenvalue weighted by Gasteiger charge is -2.31. The molecule has 2 aliphatic rings. The Kier molecular flexibility index (Phi) is 7.27. The molecule has 2 aromatic carbocycles. The van der Waals surface area contributed by atoms with Gasteiger partial charge in [-0.15, -0.1) is 16.9 Å². The first-order chi connectivity index (χ1) is 18.5. The summed E-state index contributed by atoms with van der Waals surface area (Å²) < 4.78 is 66.5. The van der Waals surface area contributed by atoms with E-state index in [-0.39, 0.29) is 23.5 Å². The van der Waals surface area contributed by atoms with Crippen molar-refractivity contribution in [3.63, 3.8) is 0 Å². The average Bonchev–Trinajstić information content (AvgIpc) is 3.63. The van der Waals surface area contributed by atoms with Gasteiger partial charge in [-0.3, -0.25) is 4.79 Å². The molecular weight excluding hydrogens is 536 g/mol. The fourth-order valence-corrected chi connectivity index (χ4v) is 6.47. The van der Waals surface area contributed by atoms with E-state index in [4.69, 9.17) is 9.47 Å². The highest BCUT2D eigenvalue weighted by atomic mass is 32.2. The zero-order valence-electron chi connectivity index (χ0n) is 21.4. The summed E-state index contributed by atoms with van der Waals surface area (Å²) in [5, 5.41) is 10.2. The van der Waals surface area contributed by atoms with Gasteiger partial charge in [0.25, 0.3) is 5.82 Å². The minimum atomic E-state index is -4.73. The summed E-state index contributed by atoms with van der Waals surface area (Å²) in [7, 11) is 1.33. The number of methoxy groups -OCH3 is 1. The van der Waals surface area contributed by atoms with Crippen LogP contribution < -0.4 is 0 Å². The first kappa shape index (κ1) is 27.3. The lowest BCUT2D eigenvalue weighted by Crippen LogP contribution is -2.34. The van der Waals surface area contributed by atoms with Gasteiger partial charge >= 0.3 is 12.1 Å². The Hall–Kier alpha value is -3.25. The number of thioether (sulfide) groups is 1. The summed E-state index contributed by atoms with van der Waals surface area (Å²) in [6, 6.07) is 10.9. The van der Waals surface area contributed by atoms with Crippen molar-refractivity contribution < 1.29 is 31.8 Å². The third-order valence-corrected chi connectivity index (χ3v) is 8.14. The monoisotopic (exact) mass is 562 g/mol. The van der Waals surface area contributed by atoms with Gasteiger partial charge in [0.15, 0.2) is 0 Å². The molecule has 0 saturated heterocycles. The number of esters is 1. The van der Waals surface area contributed by atoms with Crippen molar-refractivity contribution in [2.45, 2.75) is 54.5 Å². The summed E-state index contributed by atoms with van der Waals surface area (Å²) in [6.07, 6.45) is -1.73. The van der Waals surface area contributed by atoms with Crippen molar-refractivity contribution in [2.75, 3.05) is 13.7 Å². The lowest BCUT2D eigenvalue weighted by molar-refractivity contribution is -0.147. The second kappa shape index (κ2) is 10.4. The summed E-state index contributed by atoms with van der Waals surface area (Å²) >= 11 is 1.57. The molecule has 0 radical (unpaired) electrons. The molecule has 0 N–H and O–H groups in total. The van der Waals surface area contributed by atoms with Crippen LogP contribution in [-0.4, -0.2) is 50.7 Å². The van der Waals surface area contributed by atoms with Gasteiger partial charge in [-0.25, -0.2) is 4.39 Å². The van der Waals surface area contributed by atoms with Crippen LogP contribution >= 0.6 is 11.8 Å². The minimum absolute atomic E-state index is 0.159. The highest BCUT2D eigenvalue weighted by Gasteiger charge is 2.54. The quantitative estimate of drug-likeness (QED) is 0.212. The van der Waals surface area contributed by atoms with E-state index >= 15 is 0 Å². The molecule has 3 atom stereocenters. The third-order valence-electron chi connectivity index (χ3n) is 7.06. The summed E-state index contributed by atoms with van der Waals surface area (Å²) in [6.45, 7) is 4.23. The molecule has 3 aromatic rings. The van der Waals surface area contributed by atoms with E-state index in [0.717, 1.165) is 16.0 Å². The number of carbonyl (C=O) groups is 1. The van der Waals surface area contributed by atoms with Crippen LogP contribution in [0.5, 0.6) is 0 Å². The molecule has 1 aliphatic carbocycles. The summed E-state index contributed by atoms with van der Waals surface area (Å²) in [5.74, 6) is -2.91. The molecule has 39 heavy (non-hydrogen) atoms. The number of halogens is 4. The number of alkyl halides is 3. The highest BCUT2D eigenvalue weighted by Crippen LogP contribution is 2.54. The van der Waals surface area contributed by atoms with Crippen molar-refractivity contribution in [3.05, 3.63) is 71.3 Å². The molecule has 12 heteroatoms. The van der Waals surface area contributed by atoms with Crippen LogP contribution in [0.4, 0.5) is 17.6 Å². The lowest BCUT2D eigenvalue weighted by atomic mass is 9.79. The van der Waals surface area contributed by atoms with E-state index in [1.165, 1.54) is 19.2 Å². The number of benzene rings is 2. The number of hydrogen-bond donors (Lipinski definition) is 0. The van der Waals surface area contributed by atoms with E-state index < -0.39 is 35.3 Å². The van der Waals surface area contributed by atoms with Gasteiger partial charge in [0.2, 0.25) is 0 Å². The van der Waals surface area contributed by atoms with Crippen molar-refractivity contribution >= 4 is 23.3 Å². The molecule has 1 fully saturated rings. The first-order valence-electron chi connectivity index (χ1n) is 12.4. The van der Waals surface area contributed by atoms with Crippen LogP contribution in [0.1, 0.15) is 49.6 Å². The number of nitrogens with zero attached hydrogens (tertiary/aromatic N) is 4. The summed E-state index contributed by atoms with van der Waals surface area (Å²) in [4.78, 5) is 13.6. The second-order valence-corrected chi connectivity index (χ2v) is 11.5. The van der Waals surface area contributed by atoms with Crippen LogP contribution in [0.25, 0.3) is 11.3 Å². The molecule has 206 valence electrons. The largest absolute Gasteiger partial charge is 0.469 e. The fourth-order valence-electron chi connectivity index (χ4n) is 5.50. The third kappa shape index (κ3) is 5.19. The van der Waals surface area contributed by atoms with Gasteiger partial charge in [0.05, 0.1) is 30.9 Å². The zero-order valence-corrected chi connectivity index (χ0v) is 22.2. The van der Waals surface area contributed by atoms with Crippen molar-refractivity contribution in [1.82, 2.24) is 20.2 Å². The molecule has 2 heterocycles. The Morgan fingerprint density at radius 1 is 1.21 bits per heavy atom. The summed E-state index contributed by atoms with van der Waals surface area (Å²) in [5.41, 5.74) is 1.51. The van der Waals surface area contributed by atoms with E-state index in [1.807, 2.05) is 19.9 Å². The minimum Gasteiger partial charge on any atom is -0.469 e. The molecule has 1 aromatic heterocycles. The topological polar surface area (TPSA) is 79.1 Å². The molecular formula is C27H26F4N4O3S. The van der Waals surface area contributed by atoms with Crippen LogP contribution in [0.15, 0.2) is 53.4 Å². The van der Waals surface area contributed by atoms with E-state index in [2.05, 4.69) is 15.5 Å². The Labute approximate surface area is 226 Å². The van der Waals surface area contributed by atoms with Gasteiger partial charge in [-0.1, -0.05) is 26.0 Å². The second-order valence-electron chi connectivity index (χ2n) is 9.87. The maximum Gasteiger partial charge on any atom is 0.453 e. The maximum absolute atomic E-state index is 13.7. The van der Waals surface area contributed by atoms with Gasteiger partial charge < -0.3 is 9.47 Å². The van der Waals surface area contributed by atoms with E-state index in [0.29, 0.717) is 23.1 Å². The normalized spacial score (nSPS) is 23.0. The molecule has 0 amide bonds. The number of aromatic nitrogens is 4. The zero-order chi connectivity index (χ0) is 27.9. The van der Waals surface area contributed by atoms with Crippen molar-refractivity contribution in [1.29, 1.82) is 0 Å². The van der Waals surface area contributed by atoms with Gasteiger partial charge in [0.1, 0.15) is 5.82 Å². The van der Waals surface area contributed by atoms with Crippen LogP contribution in [0.2, 0.25) is 0 Å². The van der Waals surface area contributed by atoms with Crippen molar-refractivity contribution in [2.24, 2.45) is 5.92 Å². The molecule has 7 nitrogen and oxygen atoms in total. The number of carbonyl (C=O) groups excluding carboxylic acids is 1. The van der Waals surface area contributed by atoms with Gasteiger partial charge in [0, 0.05) is 16.1 Å². The predicted molar refractivity (Wildman–Crippen MR) is 136 cm³/mol. The number of hydrogen-bond acceptors (Lipinski definition) is 7. The molecule has 1 aliphatic heterocycles. The number of rotatable bonds is 6. The Balaban J connectivity index is 1.61. The molecule has 5 rings (SSSR count).